The molecule has 2 aromatic carbocycles. The molecule has 4 N–H and O–H groups in total. The first-order valence-electron chi connectivity index (χ1n) is 10.4. The third kappa shape index (κ3) is 6.31. The molecule has 2 rings (SSSR count). The van der Waals surface area contributed by atoms with Gasteiger partial charge in [-0.15, -0.1) is 0 Å². The molecule has 30 heavy (non-hydrogen) atoms. The molecule has 0 fully saturated rings. The Labute approximate surface area is 179 Å². The van der Waals surface area contributed by atoms with Crippen molar-refractivity contribution >= 4 is 16.9 Å². The summed E-state index contributed by atoms with van der Waals surface area (Å²) in [6.07, 6.45) is 0. The maximum Gasteiger partial charge on any atom is 0.0606 e. The van der Waals surface area contributed by atoms with Crippen molar-refractivity contribution in [2.75, 3.05) is 62.4 Å². The van der Waals surface area contributed by atoms with Gasteiger partial charge >= 0.3 is 0 Å². The van der Waals surface area contributed by atoms with Gasteiger partial charge in [0.1, 0.15) is 0 Å². The average Bonchev–Trinajstić information content (AvgIpc) is 2.74. The van der Waals surface area contributed by atoms with Crippen molar-refractivity contribution in [3.63, 3.8) is 0 Å². The number of anilines is 2. The molecule has 0 aliphatic heterocycles. The van der Waals surface area contributed by atoms with Crippen LogP contribution in [0.4, 0.5) is 11.4 Å². The Morgan fingerprint density at radius 3 is 1.10 bits per heavy atom. The van der Waals surface area contributed by atoms with E-state index in [1.165, 1.54) is 5.57 Å². The molecule has 0 amide bonds. The number of rotatable bonds is 12. The van der Waals surface area contributed by atoms with Gasteiger partial charge < -0.3 is 30.2 Å². The third-order valence-electron chi connectivity index (χ3n) is 5.02. The van der Waals surface area contributed by atoms with E-state index in [9.17, 15) is 20.4 Å². The highest BCUT2D eigenvalue weighted by atomic mass is 16.3. The average molecular weight is 415 g/mol. The predicted molar refractivity (Wildman–Crippen MR) is 123 cm³/mol. The zero-order valence-corrected chi connectivity index (χ0v) is 18.0. The predicted octanol–water partition coefficient (Wildman–Crippen LogP) is 2.11. The van der Waals surface area contributed by atoms with Gasteiger partial charge in [0.05, 0.1) is 26.4 Å². The fourth-order valence-corrected chi connectivity index (χ4v) is 3.64. The number of hydrogen-bond acceptors (Lipinski definition) is 6. The van der Waals surface area contributed by atoms with E-state index < -0.39 is 0 Å². The minimum atomic E-state index is 0.0386. The summed E-state index contributed by atoms with van der Waals surface area (Å²) in [7, 11) is 0. The molecule has 2 aromatic rings. The lowest BCUT2D eigenvalue weighted by atomic mass is 9.93. The topological polar surface area (TPSA) is 87.4 Å². The van der Waals surface area contributed by atoms with Crippen LogP contribution < -0.4 is 9.80 Å². The van der Waals surface area contributed by atoms with Crippen LogP contribution in [0.3, 0.4) is 0 Å². The molecule has 6 nitrogen and oxygen atoms in total. The number of benzene rings is 2. The number of nitrogens with zero attached hydrogens (tertiary/aromatic N) is 2. The van der Waals surface area contributed by atoms with Crippen molar-refractivity contribution in [1.29, 1.82) is 0 Å². The number of aliphatic hydroxyl groups is 4. The number of hydrogen-bond donors (Lipinski definition) is 4. The molecular formula is C24H34N2O4. The molecule has 0 aromatic heterocycles. The molecule has 0 saturated carbocycles. The zero-order valence-electron chi connectivity index (χ0n) is 18.0. The Morgan fingerprint density at radius 1 is 0.567 bits per heavy atom. The van der Waals surface area contributed by atoms with Crippen LogP contribution in [0.1, 0.15) is 25.0 Å². The minimum Gasteiger partial charge on any atom is -0.395 e. The van der Waals surface area contributed by atoms with Crippen molar-refractivity contribution in [3.05, 3.63) is 65.2 Å². The monoisotopic (exact) mass is 414 g/mol. The first-order chi connectivity index (χ1) is 14.5. The molecular weight excluding hydrogens is 380 g/mol. The molecule has 164 valence electrons. The summed E-state index contributed by atoms with van der Waals surface area (Å²) in [4.78, 5) is 3.91. The summed E-state index contributed by atoms with van der Waals surface area (Å²) in [5.74, 6) is 0. The van der Waals surface area contributed by atoms with Crippen molar-refractivity contribution in [1.82, 2.24) is 0 Å². The molecule has 0 radical (unpaired) electrons. The molecule has 0 aliphatic carbocycles. The highest BCUT2D eigenvalue weighted by Gasteiger charge is 2.11. The second kappa shape index (κ2) is 12.3. The summed E-state index contributed by atoms with van der Waals surface area (Å²) >= 11 is 0. The minimum absolute atomic E-state index is 0.0386. The number of allylic oxidation sites excluding steroid dienone is 1. The first kappa shape index (κ1) is 23.9. The second-order valence-corrected chi connectivity index (χ2v) is 7.34. The lowest BCUT2D eigenvalue weighted by Gasteiger charge is -2.24. The van der Waals surface area contributed by atoms with Crippen molar-refractivity contribution in [2.45, 2.75) is 13.8 Å². The van der Waals surface area contributed by atoms with Gasteiger partial charge in [-0.1, -0.05) is 29.8 Å². The van der Waals surface area contributed by atoms with E-state index >= 15 is 0 Å². The van der Waals surface area contributed by atoms with Crippen LogP contribution in [0.5, 0.6) is 0 Å². The smallest absolute Gasteiger partial charge is 0.0606 e. The number of aliphatic hydroxyl groups excluding tert-OH is 4. The van der Waals surface area contributed by atoms with Crippen molar-refractivity contribution < 1.29 is 20.4 Å². The van der Waals surface area contributed by atoms with Crippen LogP contribution in [0, 0.1) is 0 Å². The molecule has 0 heterocycles. The van der Waals surface area contributed by atoms with Gasteiger partial charge in [-0.2, -0.15) is 0 Å². The summed E-state index contributed by atoms with van der Waals surface area (Å²) in [5.41, 5.74) is 6.48. The van der Waals surface area contributed by atoms with E-state index in [0.717, 1.165) is 28.1 Å². The van der Waals surface area contributed by atoms with Crippen molar-refractivity contribution in [2.24, 2.45) is 0 Å². The van der Waals surface area contributed by atoms with E-state index in [1.54, 1.807) is 0 Å². The second-order valence-electron chi connectivity index (χ2n) is 7.34. The van der Waals surface area contributed by atoms with Gasteiger partial charge in [-0.05, 0) is 54.8 Å². The quantitative estimate of drug-likeness (QED) is 0.426. The lowest BCUT2D eigenvalue weighted by molar-refractivity contribution is 0.280. The standard InChI is InChI=1S/C24H34N2O4/c1-19(2)24(20-3-7-22(8-4-20)25(11-15-27)12-16-28)21-5-9-23(10-6-21)26(13-17-29)14-18-30/h3-10,27-30H,11-18H2,1-2H3. The largest absolute Gasteiger partial charge is 0.395 e. The lowest BCUT2D eigenvalue weighted by Crippen LogP contribution is -2.29. The summed E-state index contributed by atoms with van der Waals surface area (Å²) in [6.45, 7) is 6.26. The Kier molecular flexibility index (Phi) is 9.83. The highest BCUT2D eigenvalue weighted by molar-refractivity contribution is 5.82. The zero-order chi connectivity index (χ0) is 21.9. The molecule has 0 aliphatic rings. The Balaban J connectivity index is 2.29. The summed E-state index contributed by atoms with van der Waals surface area (Å²) in [6, 6.07) is 16.3. The van der Waals surface area contributed by atoms with E-state index in [0.29, 0.717) is 26.2 Å². The Morgan fingerprint density at radius 2 is 0.867 bits per heavy atom. The van der Waals surface area contributed by atoms with Crippen LogP contribution in [0.2, 0.25) is 0 Å². The van der Waals surface area contributed by atoms with Crippen LogP contribution in [0.15, 0.2) is 54.1 Å². The van der Waals surface area contributed by atoms with Gasteiger partial charge in [0.25, 0.3) is 0 Å². The van der Waals surface area contributed by atoms with E-state index in [-0.39, 0.29) is 26.4 Å². The summed E-state index contributed by atoms with van der Waals surface area (Å²) in [5, 5.41) is 37.0. The first-order valence-corrected chi connectivity index (χ1v) is 10.4. The maximum atomic E-state index is 9.26. The van der Waals surface area contributed by atoms with Gasteiger partial charge in [-0.25, -0.2) is 0 Å². The van der Waals surface area contributed by atoms with Crippen LogP contribution in [-0.2, 0) is 0 Å². The van der Waals surface area contributed by atoms with Gasteiger partial charge in [0, 0.05) is 37.6 Å². The fraction of sp³-hybridized carbons (Fsp3) is 0.417. The summed E-state index contributed by atoms with van der Waals surface area (Å²) < 4.78 is 0. The Hall–Kier alpha value is -2.38. The van der Waals surface area contributed by atoms with E-state index in [1.807, 2.05) is 34.1 Å². The molecule has 0 saturated heterocycles. The molecule has 0 unspecified atom stereocenters. The third-order valence-corrected chi connectivity index (χ3v) is 5.02. The van der Waals surface area contributed by atoms with Crippen LogP contribution in [0.25, 0.3) is 5.57 Å². The van der Waals surface area contributed by atoms with E-state index in [2.05, 4.69) is 38.1 Å². The molecule has 0 spiro atoms. The maximum absolute atomic E-state index is 9.26. The molecule has 0 bridgehead atoms. The van der Waals surface area contributed by atoms with Gasteiger partial charge in [0.15, 0.2) is 0 Å². The normalized spacial score (nSPS) is 10.7. The fourth-order valence-electron chi connectivity index (χ4n) is 3.64. The van der Waals surface area contributed by atoms with Crippen molar-refractivity contribution in [3.8, 4) is 0 Å². The Bertz CT molecular complexity index is 710. The van der Waals surface area contributed by atoms with Crippen LogP contribution in [-0.4, -0.2) is 73.0 Å². The highest BCUT2D eigenvalue weighted by Crippen LogP contribution is 2.30. The van der Waals surface area contributed by atoms with Gasteiger partial charge in [-0.3, -0.25) is 0 Å². The SMILES string of the molecule is CC(C)=C(c1ccc(N(CCO)CCO)cc1)c1ccc(N(CCO)CCO)cc1. The molecule has 0 atom stereocenters. The van der Waals surface area contributed by atoms with Gasteiger partial charge in [0.2, 0.25) is 0 Å². The van der Waals surface area contributed by atoms with E-state index in [4.69, 9.17) is 0 Å². The molecule has 6 heteroatoms. The van der Waals surface area contributed by atoms with Crippen LogP contribution >= 0.6 is 0 Å².